The molecule has 3 aliphatic rings. The quantitative estimate of drug-likeness (QED) is 0.779. The molecule has 0 amide bonds. The van der Waals surface area contributed by atoms with Crippen molar-refractivity contribution in [2.24, 2.45) is 4.99 Å². The Labute approximate surface area is 147 Å². The zero-order valence-electron chi connectivity index (χ0n) is 13.5. The van der Waals surface area contributed by atoms with E-state index < -0.39 is 0 Å². The van der Waals surface area contributed by atoms with Crippen LogP contribution in [0.2, 0.25) is 5.02 Å². The maximum Gasteiger partial charge on any atom is 0.134 e. The van der Waals surface area contributed by atoms with Crippen molar-refractivity contribution in [3.63, 3.8) is 0 Å². The van der Waals surface area contributed by atoms with Gasteiger partial charge < -0.3 is 9.80 Å². The van der Waals surface area contributed by atoms with Crippen LogP contribution in [0, 0.1) is 0 Å². The van der Waals surface area contributed by atoms with Crippen molar-refractivity contribution < 1.29 is 0 Å². The van der Waals surface area contributed by atoms with Gasteiger partial charge in [-0.15, -0.1) is 0 Å². The second-order valence-corrected chi connectivity index (χ2v) is 7.26. The SMILES string of the molecule is Clc1ccc(C2CCN3c4ccccc4C4=NCCCN4C23)cc1. The molecule has 0 bridgehead atoms. The Bertz CT molecular complexity index is 799. The van der Waals surface area contributed by atoms with Crippen molar-refractivity contribution >= 4 is 23.1 Å². The lowest BCUT2D eigenvalue weighted by atomic mass is 9.92. The molecular formula is C20H20ClN3. The fraction of sp³-hybridized carbons (Fsp3) is 0.350. The average molecular weight is 338 g/mol. The molecule has 2 unspecified atom stereocenters. The normalized spacial score (nSPS) is 25.0. The summed E-state index contributed by atoms with van der Waals surface area (Å²) in [6, 6.07) is 17.2. The largest absolute Gasteiger partial charge is 0.350 e. The number of hydrogen-bond donors (Lipinski definition) is 0. The van der Waals surface area contributed by atoms with Crippen molar-refractivity contribution in [1.82, 2.24) is 4.90 Å². The minimum Gasteiger partial charge on any atom is -0.350 e. The zero-order valence-corrected chi connectivity index (χ0v) is 14.3. The summed E-state index contributed by atoms with van der Waals surface area (Å²) in [7, 11) is 0. The summed E-state index contributed by atoms with van der Waals surface area (Å²) < 4.78 is 0. The highest BCUT2D eigenvalue weighted by molar-refractivity contribution is 6.30. The number of hydrogen-bond acceptors (Lipinski definition) is 3. The molecule has 0 radical (unpaired) electrons. The third kappa shape index (κ3) is 2.07. The molecule has 24 heavy (non-hydrogen) atoms. The summed E-state index contributed by atoms with van der Waals surface area (Å²) in [5, 5.41) is 0.808. The molecule has 2 atom stereocenters. The van der Waals surface area contributed by atoms with E-state index in [0.717, 1.165) is 31.1 Å². The van der Waals surface area contributed by atoms with Gasteiger partial charge in [0.05, 0.1) is 0 Å². The Morgan fingerprint density at radius 2 is 1.79 bits per heavy atom. The average Bonchev–Trinajstić information content (AvgIpc) is 3.08. The Morgan fingerprint density at radius 3 is 2.67 bits per heavy atom. The first-order chi connectivity index (χ1) is 11.8. The maximum atomic E-state index is 6.09. The summed E-state index contributed by atoms with van der Waals surface area (Å²) in [5.74, 6) is 1.69. The van der Waals surface area contributed by atoms with E-state index in [1.165, 1.54) is 29.1 Å². The number of fused-ring (bicyclic) bond motifs is 6. The van der Waals surface area contributed by atoms with E-state index in [1.54, 1.807) is 0 Å². The highest BCUT2D eigenvalue weighted by Crippen LogP contribution is 2.44. The molecule has 0 aliphatic carbocycles. The minimum absolute atomic E-state index is 0.375. The third-order valence-electron chi connectivity index (χ3n) is 5.52. The molecule has 3 aliphatic heterocycles. The first-order valence-corrected chi connectivity index (χ1v) is 9.13. The summed E-state index contributed by atoms with van der Waals surface area (Å²) >= 11 is 6.09. The molecule has 0 N–H and O–H groups in total. The van der Waals surface area contributed by atoms with Gasteiger partial charge in [-0.25, -0.2) is 0 Å². The van der Waals surface area contributed by atoms with Gasteiger partial charge in [-0.1, -0.05) is 35.9 Å². The lowest BCUT2D eigenvalue weighted by Gasteiger charge is -2.47. The van der Waals surface area contributed by atoms with Crippen LogP contribution in [0.1, 0.15) is 29.9 Å². The van der Waals surface area contributed by atoms with Gasteiger partial charge in [-0.2, -0.15) is 0 Å². The molecule has 3 nitrogen and oxygen atoms in total. The van der Waals surface area contributed by atoms with Gasteiger partial charge in [-0.05, 0) is 42.7 Å². The molecule has 4 heteroatoms. The van der Waals surface area contributed by atoms with E-state index in [-0.39, 0.29) is 0 Å². The number of halogens is 1. The molecule has 0 aromatic heterocycles. The van der Waals surface area contributed by atoms with Gasteiger partial charge in [0.25, 0.3) is 0 Å². The number of amidine groups is 1. The van der Waals surface area contributed by atoms with E-state index in [0.29, 0.717) is 12.1 Å². The third-order valence-corrected chi connectivity index (χ3v) is 5.77. The predicted molar refractivity (Wildman–Crippen MR) is 99.1 cm³/mol. The predicted octanol–water partition coefficient (Wildman–Crippen LogP) is 4.13. The minimum atomic E-state index is 0.375. The molecule has 2 aromatic carbocycles. The van der Waals surface area contributed by atoms with Crippen molar-refractivity contribution in [3.05, 3.63) is 64.7 Å². The number of para-hydroxylation sites is 1. The molecular weight excluding hydrogens is 318 g/mol. The smallest absolute Gasteiger partial charge is 0.134 e. The van der Waals surface area contributed by atoms with Gasteiger partial charge in [0.1, 0.15) is 12.0 Å². The molecule has 2 aromatic rings. The van der Waals surface area contributed by atoms with Crippen molar-refractivity contribution in [1.29, 1.82) is 0 Å². The topological polar surface area (TPSA) is 18.8 Å². The van der Waals surface area contributed by atoms with Crippen LogP contribution in [0.5, 0.6) is 0 Å². The molecule has 1 saturated heterocycles. The Kier molecular flexibility index (Phi) is 3.30. The highest BCUT2D eigenvalue weighted by atomic mass is 35.5. The van der Waals surface area contributed by atoms with E-state index in [9.17, 15) is 0 Å². The van der Waals surface area contributed by atoms with Crippen molar-refractivity contribution in [3.8, 4) is 0 Å². The number of benzene rings is 2. The maximum absolute atomic E-state index is 6.09. The van der Waals surface area contributed by atoms with E-state index in [4.69, 9.17) is 16.6 Å². The number of rotatable bonds is 1. The molecule has 3 heterocycles. The van der Waals surface area contributed by atoms with Crippen molar-refractivity contribution in [2.75, 3.05) is 24.5 Å². The standard InChI is InChI=1S/C20H20ClN3/c21-15-8-6-14(7-9-15)16-10-13-23-18-5-2-1-4-17(18)19-22-11-3-12-24(19)20(16)23/h1-2,4-9,16,20H,3,10-13H2. The molecule has 1 fully saturated rings. The first-order valence-electron chi connectivity index (χ1n) is 8.75. The van der Waals surface area contributed by atoms with E-state index in [2.05, 4.69) is 46.2 Å². The van der Waals surface area contributed by atoms with Crippen LogP contribution in [0.4, 0.5) is 5.69 Å². The van der Waals surface area contributed by atoms with Crippen LogP contribution in [0.15, 0.2) is 53.5 Å². The van der Waals surface area contributed by atoms with Crippen molar-refractivity contribution in [2.45, 2.75) is 24.9 Å². The summed E-state index contributed by atoms with van der Waals surface area (Å²) in [5.41, 5.74) is 4.03. The lowest BCUT2D eigenvalue weighted by Crippen LogP contribution is -2.56. The van der Waals surface area contributed by atoms with Crippen LogP contribution < -0.4 is 4.90 Å². The summed E-state index contributed by atoms with van der Waals surface area (Å²) in [6.45, 7) is 3.13. The van der Waals surface area contributed by atoms with Gasteiger partial charge in [0.15, 0.2) is 0 Å². The van der Waals surface area contributed by atoms with Gasteiger partial charge in [0, 0.05) is 41.8 Å². The van der Waals surface area contributed by atoms with Gasteiger partial charge in [-0.3, -0.25) is 4.99 Å². The fourth-order valence-electron chi connectivity index (χ4n) is 4.51. The van der Waals surface area contributed by atoms with E-state index in [1.807, 2.05) is 12.1 Å². The van der Waals surface area contributed by atoms with Crippen LogP contribution in [0.25, 0.3) is 0 Å². The number of nitrogens with zero attached hydrogens (tertiary/aromatic N) is 3. The summed E-state index contributed by atoms with van der Waals surface area (Å²) in [6.07, 6.45) is 2.69. The first kappa shape index (κ1) is 14.4. The summed E-state index contributed by atoms with van der Waals surface area (Å²) in [4.78, 5) is 10.0. The Morgan fingerprint density at radius 1 is 0.958 bits per heavy atom. The lowest BCUT2D eigenvalue weighted by molar-refractivity contribution is 0.275. The number of anilines is 1. The second kappa shape index (κ2) is 5.52. The van der Waals surface area contributed by atoms with Gasteiger partial charge >= 0.3 is 0 Å². The van der Waals surface area contributed by atoms with Crippen LogP contribution >= 0.6 is 11.6 Å². The zero-order chi connectivity index (χ0) is 16.1. The van der Waals surface area contributed by atoms with Gasteiger partial charge in [0.2, 0.25) is 0 Å². The highest BCUT2D eigenvalue weighted by Gasteiger charge is 2.45. The molecule has 5 rings (SSSR count). The number of aliphatic imine (C=N–C) groups is 1. The molecule has 122 valence electrons. The Hall–Kier alpha value is -2.00. The monoisotopic (exact) mass is 337 g/mol. The van der Waals surface area contributed by atoms with Crippen LogP contribution in [0.3, 0.4) is 0 Å². The van der Waals surface area contributed by atoms with Crippen LogP contribution in [-0.2, 0) is 0 Å². The fourth-order valence-corrected chi connectivity index (χ4v) is 4.63. The molecule has 0 spiro atoms. The van der Waals surface area contributed by atoms with E-state index >= 15 is 0 Å². The second-order valence-electron chi connectivity index (χ2n) is 6.82. The molecule has 0 saturated carbocycles. The van der Waals surface area contributed by atoms with Crippen LogP contribution in [-0.4, -0.2) is 36.5 Å². The Balaban J connectivity index is 1.62.